The SMILES string of the molecule is Cc1ccc(-c2ccc(-c3cc(OC[C@H]4CCCCO4)ncn3)cc2)cn1. The number of aromatic nitrogens is 3. The number of hydrogen-bond acceptors (Lipinski definition) is 5. The lowest BCUT2D eigenvalue weighted by Gasteiger charge is -2.22. The van der Waals surface area contributed by atoms with Gasteiger partial charge in [0, 0.05) is 35.7 Å². The van der Waals surface area contributed by atoms with E-state index in [2.05, 4.69) is 45.3 Å². The summed E-state index contributed by atoms with van der Waals surface area (Å²) in [6.07, 6.45) is 7.00. The molecule has 0 bridgehead atoms. The van der Waals surface area contributed by atoms with E-state index < -0.39 is 0 Å². The first kappa shape index (κ1) is 17.6. The quantitative estimate of drug-likeness (QED) is 0.671. The number of hydrogen-bond donors (Lipinski definition) is 0. The van der Waals surface area contributed by atoms with Gasteiger partial charge in [0.1, 0.15) is 12.9 Å². The molecule has 0 N–H and O–H groups in total. The van der Waals surface area contributed by atoms with Crippen molar-refractivity contribution in [1.29, 1.82) is 0 Å². The normalized spacial score (nSPS) is 16.9. The predicted molar refractivity (Wildman–Crippen MR) is 105 cm³/mol. The largest absolute Gasteiger partial charge is 0.475 e. The minimum absolute atomic E-state index is 0.166. The molecule has 5 nitrogen and oxygen atoms in total. The monoisotopic (exact) mass is 361 g/mol. The highest BCUT2D eigenvalue weighted by atomic mass is 16.5. The van der Waals surface area contributed by atoms with E-state index in [0.717, 1.165) is 47.5 Å². The molecule has 0 amide bonds. The molecule has 0 spiro atoms. The zero-order valence-corrected chi connectivity index (χ0v) is 15.5. The standard InChI is InChI=1S/C22H23N3O2/c1-16-5-6-19(13-23-16)17-7-9-18(10-8-17)21-12-22(25-15-24-21)27-14-20-4-2-3-11-26-20/h5-10,12-13,15,20H,2-4,11,14H2,1H3/t20-/m1/s1. The van der Waals surface area contributed by atoms with E-state index in [1.54, 1.807) is 6.33 Å². The minimum Gasteiger partial charge on any atom is -0.475 e. The van der Waals surface area contributed by atoms with Crippen molar-refractivity contribution in [1.82, 2.24) is 15.0 Å². The average Bonchev–Trinajstić information content (AvgIpc) is 2.74. The lowest BCUT2D eigenvalue weighted by Crippen LogP contribution is -2.26. The summed E-state index contributed by atoms with van der Waals surface area (Å²) in [5, 5.41) is 0. The van der Waals surface area contributed by atoms with E-state index in [0.29, 0.717) is 12.5 Å². The van der Waals surface area contributed by atoms with Crippen LogP contribution >= 0.6 is 0 Å². The van der Waals surface area contributed by atoms with E-state index in [4.69, 9.17) is 9.47 Å². The molecule has 2 aromatic heterocycles. The molecule has 0 aliphatic carbocycles. The first-order valence-electron chi connectivity index (χ1n) is 9.38. The molecule has 4 rings (SSSR count). The summed E-state index contributed by atoms with van der Waals surface area (Å²) < 4.78 is 11.5. The minimum atomic E-state index is 0.166. The highest BCUT2D eigenvalue weighted by Crippen LogP contribution is 2.25. The van der Waals surface area contributed by atoms with Gasteiger partial charge < -0.3 is 9.47 Å². The van der Waals surface area contributed by atoms with Gasteiger partial charge in [-0.05, 0) is 37.8 Å². The number of aryl methyl sites for hydroxylation is 1. The Bertz CT molecular complexity index is 873. The summed E-state index contributed by atoms with van der Waals surface area (Å²) in [6.45, 7) is 3.35. The second-order valence-corrected chi connectivity index (χ2v) is 6.81. The first-order chi connectivity index (χ1) is 13.3. The van der Waals surface area contributed by atoms with E-state index in [-0.39, 0.29) is 6.10 Å². The van der Waals surface area contributed by atoms with E-state index in [1.807, 2.05) is 25.3 Å². The van der Waals surface area contributed by atoms with Crippen molar-refractivity contribution in [3.05, 3.63) is 60.7 Å². The van der Waals surface area contributed by atoms with Crippen molar-refractivity contribution in [2.75, 3.05) is 13.2 Å². The molecule has 138 valence electrons. The third kappa shape index (κ3) is 4.49. The van der Waals surface area contributed by atoms with Crippen LogP contribution in [-0.2, 0) is 4.74 Å². The molecule has 0 radical (unpaired) electrons. The molecule has 1 fully saturated rings. The maximum Gasteiger partial charge on any atom is 0.216 e. The predicted octanol–water partition coefficient (Wildman–Crippen LogP) is 4.46. The Labute approximate surface area is 159 Å². The van der Waals surface area contributed by atoms with Crippen molar-refractivity contribution in [2.45, 2.75) is 32.3 Å². The molecule has 0 saturated carbocycles. The van der Waals surface area contributed by atoms with Crippen LogP contribution in [0.15, 0.2) is 55.0 Å². The Morgan fingerprint density at radius 1 is 0.963 bits per heavy atom. The summed E-state index contributed by atoms with van der Waals surface area (Å²) in [5.74, 6) is 0.584. The van der Waals surface area contributed by atoms with Gasteiger partial charge in [0.2, 0.25) is 5.88 Å². The van der Waals surface area contributed by atoms with Gasteiger partial charge in [-0.15, -0.1) is 0 Å². The van der Waals surface area contributed by atoms with Crippen LogP contribution in [0.2, 0.25) is 0 Å². The topological polar surface area (TPSA) is 57.1 Å². The van der Waals surface area contributed by atoms with E-state index in [9.17, 15) is 0 Å². The van der Waals surface area contributed by atoms with Crippen LogP contribution in [0.1, 0.15) is 25.0 Å². The summed E-state index contributed by atoms with van der Waals surface area (Å²) >= 11 is 0. The molecular weight excluding hydrogens is 338 g/mol. The van der Waals surface area contributed by atoms with Gasteiger partial charge in [-0.1, -0.05) is 30.3 Å². The third-order valence-electron chi connectivity index (χ3n) is 4.76. The lowest BCUT2D eigenvalue weighted by atomic mass is 10.0. The fourth-order valence-corrected chi connectivity index (χ4v) is 3.17. The van der Waals surface area contributed by atoms with Crippen LogP contribution in [0.25, 0.3) is 22.4 Å². The molecular formula is C22H23N3O2. The molecule has 1 saturated heterocycles. The number of ether oxygens (including phenoxy) is 2. The van der Waals surface area contributed by atoms with Crippen LogP contribution in [-0.4, -0.2) is 34.3 Å². The molecule has 1 atom stereocenters. The van der Waals surface area contributed by atoms with E-state index in [1.165, 1.54) is 6.42 Å². The van der Waals surface area contributed by atoms with Gasteiger partial charge in [-0.2, -0.15) is 0 Å². The van der Waals surface area contributed by atoms with Gasteiger partial charge in [-0.25, -0.2) is 9.97 Å². The van der Waals surface area contributed by atoms with Gasteiger partial charge in [0.25, 0.3) is 0 Å². The van der Waals surface area contributed by atoms with Crippen LogP contribution in [0.3, 0.4) is 0 Å². The molecule has 1 aliphatic heterocycles. The Morgan fingerprint density at radius 2 is 1.78 bits per heavy atom. The lowest BCUT2D eigenvalue weighted by molar-refractivity contribution is -0.0119. The molecule has 1 aromatic carbocycles. The average molecular weight is 361 g/mol. The van der Waals surface area contributed by atoms with E-state index >= 15 is 0 Å². The van der Waals surface area contributed by atoms with Crippen LogP contribution in [0, 0.1) is 6.92 Å². The Morgan fingerprint density at radius 3 is 2.52 bits per heavy atom. The van der Waals surface area contributed by atoms with Crippen LogP contribution in [0.5, 0.6) is 5.88 Å². The Balaban J connectivity index is 1.45. The van der Waals surface area contributed by atoms with Gasteiger partial charge in [0.15, 0.2) is 0 Å². The second-order valence-electron chi connectivity index (χ2n) is 6.81. The molecule has 0 unspecified atom stereocenters. The maximum absolute atomic E-state index is 5.83. The second kappa shape index (κ2) is 8.27. The number of pyridine rings is 1. The highest BCUT2D eigenvalue weighted by molar-refractivity contribution is 5.68. The van der Waals surface area contributed by atoms with Gasteiger partial charge in [-0.3, -0.25) is 4.98 Å². The molecule has 5 heteroatoms. The fourth-order valence-electron chi connectivity index (χ4n) is 3.17. The zero-order chi connectivity index (χ0) is 18.5. The third-order valence-corrected chi connectivity index (χ3v) is 4.76. The summed E-state index contributed by atoms with van der Waals surface area (Å²) in [5.41, 5.74) is 5.12. The van der Waals surface area contributed by atoms with Gasteiger partial charge >= 0.3 is 0 Å². The summed E-state index contributed by atoms with van der Waals surface area (Å²) in [7, 11) is 0. The molecule has 3 heterocycles. The Hall–Kier alpha value is -2.79. The first-order valence-corrected chi connectivity index (χ1v) is 9.38. The maximum atomic E-state index is 5.83. The number of rotatable bonds is 5. The molecule has 27 heavy (non-hydrogen) atoms. The van der Waals surface area contributed by atoms with Gasteiger partial charge in [0.05, 0.1) is 11.8 Å². The molecule has 3 aromatic rings. The van der Waals surface area contributed by atoms with Crippen LogP contribution in [0.4, 0.5) is 0 Å². The van der Waals surface area contributed by atoms with Crippen molar-refractivity contribution in [3.8, 4) is 28.3 Å². The summed E-state index contributed by atoms with van der Waals surface area (Å²) in [4.78, 5) is 13.0. The van der Waals surface area contributed by atoms with Crippen molar-refractivity contribution in [2.24, 2.45) is 0 Å². The van der Waals surface area contributed by atoms with Crippen molar-refractivity contribution < 1.29 is 9.47 Å². The van der Waals surface area contributed by atoms with Crippen molar-refractivity contribution in [3.63, 3.8) is 0 Å². The Kier molecular flexibility index (Phi) is 5.39. The van der Waals surface area contributed by atoms with Crippen molar-refractivity contribution >= 4 is 0 Å². The summed E-state index contributed by atoms with van der Waals surface area (Å²) in [6, 6.07) is 14.3. The number of benzene rings is 1. The van der Waals surface area contributed by atoms with Crippen LogP contribution < -0.4 is 4.74 Å². The fraction of sp³-hybridized carbons (Fsp3) is 0.318. The zero-order valence-electron chi connectivity index (χ0n) is 15.5. The smallest absolute Gasteiger partial charge is 0.216 e. The number of nitrogens with zero attached hydrogens (tertiary/aromatic N) is 3. The highest BCUT2D eigenvalue weighted by Gasteiger charge is 2.15. The molecule has 1 aliphatic rings.